The van der Waals surface area contributed by atoms with E-state index in [1.54, 1.807) is 0 Å². The SMILES string of the molecule is OCN=CC1CCC(CO)C1. The minimum absolute atomic E-state index is 0.111. The largest absolute Gasteiger partial charge is 0.396 e. The highest BCUT2D eigenvalue weighted by atomic mass is 16.3. The van der Waals surface area contributed by atoms with Crippen LogP contribution in [-0.2, 0) is 0 Å². The standard InChI is InChI=1S/C8H15NO2/c10-5-8-2-1-7(3-8)4-9-6-11/h4,7-8,10-11H,1-3,5-6H2. The summed E-state index contributed by atoms with van der Waals surface area (Å²) in [6.07, 6.45) is 5.04. The summed E-state index contributed by atoms with van der Waals surface area (Å²) in [5.74, 6) is 0.949. The lowest BCUT2D eigenvalue weighted by atomic mass is 10.1. The van der Waals surface area contributed by atoms with Crippen LogP contribution in [-0.4, -0.2) is 29.8 Å². The highest BCUT2D eigenvalue weighted by Crippen LogP contribution is 2.28. The molecule has 0 saturated heterocycles. The monoisotopic (exact) mass is 157 g/mol. The van der Waals surface area contributed by atoms with Crippen molar-refractivity contribution >= 4 is 6.21 Å². The first kappa shape index (κ1) is 8.68. The summed E-state index contributed by atoms with van der Waals surface area (Å²) in [4.78, 5) is 3.77. The van der Waals surface area contributed by atoms with Gasteiger partial charge >= 0.3 is 0 Å². The molecule has 1 fully saturated rings. The fourth-order valence-electron chi connectivity index (χ4n) is 1.61. The van der Waals surface area contributed by atoms with Crippen LogP contribution in [0, 0.1) is 11.8 Å². The summed E-state index contributed by atoms with van der Waals surface area (Å²) in [7, 11) is 0. The van der Waals surface area contributed by atoms with Crippen LogP contribution >= 0.6 is 0 Å². The fourth-order valence-corrected chi connectivity index (χ4v) is 1.61. The highest BCUT2D eigenvalue weighted by Gasteiger charge is 2.22. The summed E-state index contributed by atoms with van der Waals surface area (Å²) in [5.41, 5.74) is 0. The van der Waals surface area contributed by atoms with Gasteiger partial charge in [0.1, 0.15) is 6.73 Å². The lowest BCUT2D eigenvalue weighted by Crippen LogP contribution is -2.01. The van der Waals surface area contributed by atoms with Gasteiger partial charge in [-0.25, -0.2) is 0 Å². The Bertz CT molecular complexity index is 136. The number of hydrogen-bond acceptors (Lipinski definition) is 3. The molecule has 3 nitrogen and oxygen atoms in total. The molecule has 0 spiro atoms. The second-order valence-electron chi connectivity index (χ2n) is 3.09. The predicted octanol–water partition coefficient (Wildman–Crippen LogP) is 0.416. The Balaban J connectivity index is 2.24. The maximum Gasteiger partial charge on any atom is 0.133 e. The van der Waals surface area contributed by atoms with Crippen LogP contribution in [0.4, 0.5) is 0 Å². The van der Waals surface area contributed by atoms with E-state index in [0.717, 1.165) is 19.3 Å². The average Bonchev–Trinajstić information content (AvgIpc) is 2.48. The van der Waals surface area contributed by atoms with E-state index in [4.69, 9.17) is 10.2 Å². The molecule has 3 heteroatoms. The molecule has 1 aliphatic carbocycles. The summed E-state index contributed by atoms with van der Waals surface area (Å²) in [6.45, 7) is 0.184. The van der Waals surface area contributed by atoms with Gasteiger partial charge in [0, 0.05) is 12.8 Å². The second-order valence-corrected chi connectivity index (χ2v) is 3.09. The van der Waals surface area contributed by atoms with Gasteiger partial charge in [-0.3, -0.25) is 4.99 Å². The number of nitrogens with zero attached hydrogens (tertiary/aromatic N) is 1. The van der Waals surface area contributed by atoms with E-state index >= 15 is 0 Å². The maximum atomic E-state index is 8.82. The van der Waals surface area contributed by atoms with E-state index in [1.807, 2.05) is 6.21 Å². The summed E-state index contributed by atoms with van der Waals surface area (Å²) in [5, 5.41) is 17.2. The Morgan fingerprint density at radius 3 is 2.73 bits per heavy atom. The molecule has 0 aromatic carbocycles. The number of aliphatic imine (C=N–C) groups is 1. The van der Waals surface area contributed by atoms with Crippen LogP contribution in [0.25, 0.3) is 0 Å². The van der Waals surface area contributed by atoms with Crippen molar-refractivity contribution in [3.8, 4) is 0 Å². The smallest absolute Gasteiger partial charge is 0.133 e. The number of aliphatic hydroxyl groups excluding tert-OH is 2. The number of rotatable bonds is 3. The van der Waals surface area contributed by atoms with Gasteiger partial charge in [-0.05, 0) is 31.1 Å². The molecule has 0 amide bonds. The van der Waals surface area contributed by atoms with Crippen molar-refractivity contribution in [2.75, 3.05) is 13.3 Å². The van der Waals surface area contributed by atoms with Crippen molar-refractivity contribution in [3.63, 3.8) is 0 Å². The van der Waals surface area contributed by atoms with Crippen LogP contribution < -0.4 is 0 Å². The van der Waals surface area contributed by atoms with Crippen molar-refractivity contribution in [1.29, 1.82) is 0 Å². The summed E-state index contributed by atoms with van der Waals surface area (Å²) in [6, 6.07) is 0. The number of hydrogen-bond donors (Lipinski definition) is 2. The van der Waals surface area contributed by atoms with Gasteiger partial charge < -0.3 is 10.2 Å². The molecule has 0 radical (unpaired) electrons. The molecule has 2 unspecified atom stereocenters. The predicted molar refractivity (Wildman–Crippen MR) is 43.5 cm³/mol. The molecule has 11 heavy (non-hydrogen) atoms. The first-order valence-electron chi connectivity index (χ1n) is 4.08. The van der Waals surface area contributed by atoms with E-state index in [2.05, 4.69) is 4.99 Å². The third-order valence-electron chi connectivity index (χ3n) is 2.24. The van der Waals surface area contributed by atoms with Gasteiger partial charge in [0.15, 0.2) is 0 Å². The molecule has 1 saturated carbocycles. The quantitative estimate of drug-likeness (QED) is 0.583. The second kappa shape index (κ2) is 4.46. The molecular formula is C8H15NO2. The Kier molecular flexibility index (Phi) is 3.52. The normalized spacial score (nSPS) is 31.8. The fraction of sp³-hybridized carbons (Fsp3) is 0.875. The van der Waals surface area contributed by atoms with Crippen molar-refractivity contribution in [2.24, 2.45) is 16.8 Å². The molecule has 64 valence electrons. The van der Waals surface area contributed by atoms with E-state index in [-0.39, 0.29) is 6.73 Å². The molecule has 1 rings (SSSR count). The maximum absolute atomic E-state index is 8.82. The van der Waals surface area contributed by atoms with Crippen LogP contribution in [0.5, 0.6) is 0 Å². The average molecular weight is 157 g/mol. The van der Waals surface area contributed by atoms with Crippen LogP contribution in [0.1, 0.15) is 19.3 Å². The zero-order valence-corrected chi connectivity index (χ0v) is 6.61. The molecule has 2 N–H and O–H groups in total. The molecule has 0 heterocycles. The summed E-state index contributed by atoms with van der Waals surface area (Å²) < 4.78 is 0. The third kappa shape index (κ3) is 2.60. The number of aliphatic hydroxyl groups is 2. The highest BCUT2D eigenvalue weighted by molar-refractivity contribution is 5.60. The van der Waals surface area contributed by atoms with Crippen molar-refractivity contribution < 1.29 is 10.2 Å². The first-order chi connectivity index (χ1) is 5.36. The third-order valence-corrected chi connectivity index (χ3v) is 2.24. The minimum atomic E-state index is -0.111. The van der Waals surface area contributed by atoms with Crippen LogP contribution in [0.3, 0.4) is 0 Å². The molecular weight excluding hydrogens is 142 g/mol. The minimum Gasteiger partial charge on any atom is -0.396 e. The Morgan fingerprint density at radius 2 is 2.18 bits per heavy atom. The Labute approximate surface area is 66.8 Å². The van der Waals surface area contributed by atoms with Gasteiger partial charge in [0.2, 0.25) is 0 Å². The molecule has 2 atom stereocenters. The Morgan fingerprint density at radius 1 is 1.36 bits per heavy atom. The van der Waals surface area contributed by atoms with Gasteiger partial charge in [0.05, 0.1) is 0 Å². The molecule has 0 aromatic heterocycles. The van der Waals surface area contributed by atoms with Crippen LogP contribution in [0.15, 0.2) is 4.99 Å². The molecule has 0 bridgehead atoms. The van der Waals surface area contributed by atoms with E-state index in [9.17, 15) is 0 Å². The van der Waals surface area contributed by atoms with Crippen molar-refractivity contribution in [3.05, 3.63) is 0 Å². The van der Waals surface area contributed by atoms with E-state index in [0.29, 0.717) is 18.4 Å². The molecule has 0 aliphatic heterocycles. The molecule has 0 aromatic rings. The van der Waals surface area contributed by atoms with Gasteiger partial charge in [-0.1, -0.05) is 0 Å². The molecule has 1 aliphatic rings. The van der Waals surface area contributed by atoms with Gasteiger partial charge in [0.25, 0.3) is 0 Å². The van der Waals surface area contributed by atoms with E-state index < -0.39 is 0 Å². The van der Waals surface area contributed by atoms with Crippen molar-refractivity contribution in [2.45, 2.75) is 19.3 Å². The lowest BCUT2D eigenvalue weighted by molar-refractivity contribution is 0.228. The van der Waals surface area contributed by atoms with Crippen LogP contribution in [0.2, 0.25) is 0 Å². The Hall–Kier alpha value is -0.410. The van der Waals surface area contributed by atoms with E-state index in [1.165, 1.54) is 0 Å². The van der Waals surface area contributed by atoms with Crippen molar-refractivity contribution in [1.82, 2.24) is 0 Å². The lowest BCUT2D eigenvalue weighted by Gasteiger charge is -2.02. The van der Waals surface area contributed by atoms with Gasteiger partial charge in [-0.2, -0.15) is 0 Å². The van der Waals surface area contributed by atoms with Gasteiger partial charge in [-0.15, -0.1) is 0 Å². The topological polar surface area (TPSA) is 52.8 Å². The first-order valence-corrected chi connectivity index (χ1v) is 4.08. The summed E-state index contributed by atoms with van der Waals surface area (Å²) >= 11 is 0. The zero-order chi connectivity index (χ0) is 8.10. The zero-order valence-electron chi connectivity index (χ0n) is 6.61.